The molecule has 2 heteroatoms. The van der Waals surface area contributed by atoms with E-state index in [1.807, 2.05) is 6.20 Å². The van der Waals surface area contributed by atoms with E-state index < -0.39 is 0 Å². The number of aryl methyl sites for hydroxylation is 1. The molecule has 0 saturated heterocycles. The third kappa shape index (κ3) is 2.63. The van der Waals surface area contributed by atoms with Crippen molar-refractivity contribution in [2.24, 2.45) is 23.5 Å². The van der Waals surface area contributed by atoms with Gasteiger partial charge in [-0.05, 0) is 67.9 Å². The molecule has 0 spiro atoms. The average Bonchev–Trinajstić information content (AvgIpc) is 2.47. The Morgan fingerprint density at radius 1 is 1.25 bits per heavy atom. The zero-order valence-electron chi connectivity index (χ0n) is 12.9. The van der Waals surface area contributed by atoms with Gasteiger partial charge in [-0.25, -0.2) is 0 Å². The van der Waals surface area contributed by atoms with E-state index in [4.69, 9.17) is 10.7 Å². The molecule has 0 bridgehead atoms. The van der Waals surface area contributed by atoms with Gasteiger partial charge in [-0.2, -0.15) is 0 Å². The van der Waals surface area contributed by atoms with E-state index in [0.717, 1.165) is 11.8 Å². The molecule has 2 nitrogen and oxygen atoms in total. The molecule has 1 aromatic rings. The number of fused-ring (bicyclic) bond motifs is 1. The number of rotatable bonds is 2. The van der Waals surface area contributed by atoms with Gasteiger partial charge in [0.2, 0.25) is 0 Å². The first-order chi connectivity index (χ1) is 9.66. The minimum atomic E-state index is 0.378. The fraction of sp³-hybridized carbons (Fsp3) is 0.722. The highest BCUT2D eigenvalue weighted by Gasteiger charge is 2.37. The number of hydrogen-bond donors (Lipinski definition) is 1. The number of hydrogen-bond acceptors (Lipinski definition) is 2. The SMILES string of the molecule is CC(C)C1CCC(N)C(C2CCCc3cccnc32)C1. The summed E-state index contributed by atoms with van der Waals surface area (Å²) in [5, 5.41) is 0. The van der Waals surface area contributed by atoms with E-state index in [-0.39, 0.29) is 0 Å². The lowest BCUT2D eigenvalue weighted by Gasteiger charge is -2.41. The zero-order valence-corrected chi connectivity index (χ0v) is 12.9. The molecule has 3 rings (SSSR count). The lowest BCUT2D eigenvalue weighted by Crippen LogP contribution is -2.41. The van der Waals surface area contributed by atoms with Gasteiger partial charge in [-0.3, -0.25) is 4.98 Å². The lowest BCUT2D eigenvalue weighted by atomic mass is 9.66. The van der Waals surface area contributed by atoms with Gasteiger partial charge in [0.05, 0.1) is 0 Å². The predicted molar refractivity (Wildman–Crippen MR) is 83.6 cm³/mol. The van der Waals surface area contributed by atoms with Crippen LogP contribution >= 0.6 is 0 Å². The summed E-state index contributed by atoms with van der Waals surface area (Å²) in [5.74, 6) is 2.90. The van der Waals surface area contributed by atoms with Crippen molar-refractivity contribution in [1.29, 1.82) is 0 Å². The highest BCUT2D eigenvalue weighted by atomic mass is 14.7. The van der Waals surface area contributed by atoms with Crippen molar-refractivity contribution >= 4 is 0 Å². The van der Waals surface area contributed by atoms with Crippen molar-refractivity contribution in [2.45, 2.75) is 64.3 Å². The number of nitrogens with zero attached hydrogens (tertiary/aromatic N) is 1. The second-order valence-corrected chi connectivity index (χ2v) is 7.19. The van der Waals surface area contributed by atoms with Crippen LogP contribution < -0.4 is 5.73 Å². The summed E-state index contributed by atoms with van der Waals surface area (Å²) in [6.07, 6.45) is 9.58. The molecule has 0 aliphatic heterocycles. The van der Waals surface area contributed by atoms with Crippen molar-refractivity contribution in [3.8, 4) is 0 Å². The standard InChI is InChI=1S/C18H28N2/c1-12(2)14-8-9-17(19)16(11-14)15-7-3-5-13-6-4-10-20-18(13)15/h4,6,10,12,14-17H,3,5,7-9,11,19H2,1-2H3. The van der Waals surface area contributed by atoms with Gasteiger partial charge >= 0.3 is 0 Å². The number of aromatic nitrogens is 1. The van der Waals surface area contributed by atoms with Crippen LogP contribution in [0.4, 0.5) is 0 Å². The van der Waals surface area contributed by atoms with E-state index in [0.29, 0.717) is 17.9 Å². The smallest absolute Gasteiger partial charge is 0.0469 e. The number of pyridine rings is 1. The first-order valence-electron chi connectivity index (χ1n) is 8.36. The van der Waals surface area contributed by atoms with E-state index in [2.05, 4.69) is 26.0 Å². The predicted octanol–water partition coefficient (Wildman–Crippen LogP) is 3.90. The van der Waals surface area contributed by atoms with Gasteiger partial charge in [-0.15, -0.1) is 0 Å². The maximum atomic E-state index is 6.50. The molecule has 4 unspecified atom stereocenters. The maximum absolute atomic E-state index is 6.50. The third-order valence-corrected chi connectivity index (χ3v) is 5.69. The molecular formula is C18H28N2. The van der Waals surface area contributed by atoms with Crippen LogP contribution in [0.3, 0.4) is 0 Å². The Balaban J connectivity index is 1.84. The van der Waals surface area contributed by atoms with Gasteiger partial charge in [0.15, 0.2) is 0 Å². The molecule has 1 aromatic heterocycles. The molecule has 2 aliphatic carbocycles. The minimum Gasteiger partial charge on any atom is -0.327 e. The molecular weight excluding hydrogens is 244 g/mol. The van der Waals surface area contributed by atoms with Crippen molar-refractivity contribution in [1.82, 2.24) is 4.98 Å². The molecule has 20 heavy (non-hydrogen) atoms. The largest absolute Gasteiger partial charge is 0.327 e. The van der Waals surface area contributed by atoms with Gasteiger partial charge in [0, 0.05) is 23.9 Å². The molecule has 0 radical (unpaired) electrons. The van der Waals surface area contributed by atoms with Crippen molar-refractivity contribution in [3.63, 3.8) is 0 Å². The molecule has 1 fully saturated rings. The van der Waals surface area contributed by atoms with Crippen LogP contribution in [0.2, 0.25) is 0 Å². The van der Waals surface area contributed by atoms with Crippen LogP contribution in [-0.4, -0.2) is 11.0 Å². The highest BCUT2D eigenvalue weighted by Crippen LogP contribution is 2.44. The summed E-state index contributed by atoms with van der Waals surface area (Å²) >= 11 is 0. The van der Waals surface area contributed by atoms with Crippen molar-refractivity contribution in [2.75, 3.05) is 0 Å². The molecule has 4 atom stereocenters. The minimum absolute atomic E-state index is 0.378. The Morgan fingerprint density at radius 3 is 2.90 bits per heavy atom. The van der Waals surface area contributed by atoms with E-state index in [1.165, 1.54) is 49.8 Å². The monoisotopic (exact) mass is 272 g/mol. The Labute approximate surface area is 123 Å². The molecule has 110 valence electrons. The maximum Gasteiger partial charge on any atom is 0.0469 e. The molecule has 1 saturated carbocycles. The number of nitrogens with two attached hydrogens (primary N) is 1. The first kappa shape index (κ1) is 14.1. The average molecular weight is 272 g/mol. The first-order valence-corrected chi connectivity index (χ1v) is 8.36. The molecule has 2 aliphatic rings. The lowest BCUT2D eigenvalue weighted by molar-refractivity contribution is 0.158. The summed E-state index contributed by atoms with van der Waals surface area (Å²) in [6.45, 7) is 4.73. The molecule has 0 aromatic carbocycles. The highest BCUT2D eigenvalue weighted by molar-refractivity contribution is 5.27. The summed E-state index contributed by atoms with van der Waals surface area (Å²) in [6, 6.07) is 4.73. The Hall–Kier alpha value is -0.890. The Bertz CT molecular complexity index is 454. The summed E-state index contributed by atoms with van der Waals surface area (Å²) in [4.78, 5) is 4.72. The second-order valence-electron chi connectivity index (χ2n) is 7.19. The van der Waals surface area contributed by atoms with Gasteiger partial charge in [-0.1, -0.05) is 19.9 Å². The summed E-state index contributed by atoms with van der Waals surface area (Å²) in [5.41, 5.74) is 9.34. The van der Waals surface area contributed by atoms with Gasteiger partial charge in [0.1, 0.15) is 0 Å². The Kier molecular flexibility index (Phi) is 4.11. The van der Waals surface area contributed by atoms with Crippen molar-refractivity contribution in [3.05, 3.63) is 29.6 Å². The van der Waals surface area contributed by atoms with Crippen LogP contribution in [0.5, 0.6) is 0 Å². The van der Waals surface area contributed by atoms with Crippen LogP contribution in [0.1, 0.15) is 63.1 Å². The van der Waals surface area contributed by atoms with E-state index >= 15 is 0 Å². The van der Waals surface area contributed by atoms with Crippen LogP contribution in [0, 0.1) is 17.8 Å². The molecule has 0 amide bonds. The Morgan fingerprint density at radius 2 is 2.10 bits per heavy atom. The van der Waals surface area contributed by atoms with E-state index in [1.54, 1.807) is 0 Å². The van der Waals surface area contributed by atoms with Gasteiger partial charge in [0.25, 0.3) is 0 Å². The van der Waals surface area contributed by atoms with Crippen LogP contribution in [0.15, 0.2) is 18.3 Å². The molecule has 1 heterocycles. The summed E-state index contributed by atoms with van der Waals surface area (Å²) in [7, 11) is 0. The molecule has 2 N–H and O–H groups in total. The van der Waals surface area contributed by atoms with Crippen molar-refractivity contribution < 1.29 is 0 Å². The topological polar surface area (TPSA) is 38.9 Å². The fourth-order valence-corrected chi connectivity index (χ4v) is 4.39. The second kappa shape index (κ2) is 5.85. The van der Waals surface area contributed by atoms with Crippen LogP contribution in [0.25, 0.3) is 0 Å². The van der Waals surface area contributed by atoms with E-state index in [9.17, 15) is 0 Å². The summed E-state index contributed by atoms with van der Waals surface area (Å²) < 4.78 is 0. The third-order valence-electron chi connectivity index (χ3n) is 5.69. The zero-order chi connectivity index (χ0) is 14.1. The normalized spacial score (nSPS) is 34.0. The van der Waals surface area contributed by atoms with Gasteiger partial charge < -0.3 is 5.73 Å². The fourth-order valence-electron chi connectivity index (χ4n) is 4.39. The quantitative estimate of drug-likeness (QED) is 0.886. The van der Waals surface area contributed by atoms with Crippen LogP contribution in [-0.2, 0) is 6.42 Å².